The molecule has 0 aliphatic rings. The second-order valence-electron chi connectivity index (χ2n) is 3.38. The van der Waals surface area contributed by atoms with Gasteiger partial charge in [0.1, 0.15) is 11.6 Å². The summed E-state index contributed by atoms with van der Waals surface area (Å²) in [5.74, 6) is -1.80. The first-order valence-electron chi connectivity index (χ1n) is 4.96. The predicted molar refractivity (Wildman–Crippen MR) is 55.2 cm³/mol. The van der Waals surface area contributed by atoms with Crippen molar-refractivity contribution in [1.29, 1.82) is 0 Å². The molecule has 0 aromatic heterocycles. The zero-order valence-electron chi connectivity index (χ0n) is 8.67. The van der Waals surface area contributed by atoms with Crippen molar-refractivity contribution in [3.05, 3.63) is 35.4 Å². The van der Waals surface area contributed by atoms with E-state index in [1.807, 2.05) is 0 Å². The number of aliphatic carboxylic acids is 1. The fourth-order valence-electron chi connectivity index (χ4n) is 1.28. The Bertz CT molecular complexity index is 369. The molecule has 0 bridgehead atoms. The second-order valence-corrected chi connectivity index (χ2v) is 3.38. The van der Waals surface area contributed by atoms with Crippen molar-refractivity contribution in [3.8, 4) is 0 Å². The van der Waals surface area contributed by atoms with Gasteiger partial charge in [0.05, 0.1) is 6.42 Å². The van der Waals surface area contributed by atoms with Gasteiger partial charge in [0.15, 0.2) is 0 Å². The van der Waals surface area contributed by atoms with Gasteiger partial charge in [0.25, 0.3) is 0 Å². The van der Waals surface area contributed by atoms with Crippen LogP contribution in [0.15, 0.2) is 18.2 Å². The maximum absolute atomic E-state index is 13.1. The summed E-state index contributed by atoms with van der Waals surface area (Å²) in [5, 5.41) is 11.2. The number of carboxylic acid groups (broad SMARTS) is 1. The highest BCUT2D eigenvalue weighted by Crippen LogP contribution is 2.09. The van der Waals surface area contributed by atoms with Gasteiger partial charge in [-0.25, -0.2) is 8.78 Å². The van der Waals surface area contributed by atoms with Gasteiger partial charge in [-0.05, 0) is 36.7 Å². The first kappa shape index (κ1) is 12.6. The zero-order chi connectivity index (χ0) is 12.0. The largest absolute Gasteiger partial charge is 0.481 e. The standard InChI is InChI=1S/C11H13F2NO2/c12-9-1-2-10(13)8(7-9)3-5-14-6-4-11(15)16/h1-2,7,14H,3-6H2,(H,15,16). The molecule has 3 nitrogen and oxygen atoms in total. The van der Waals surface area contributed by atoms with E-state index in [9.17, 15) is 13.6 Å². The summed E-state index contributed by atoms with van der Waals surface area (Å²) < 4.78 is 25.9. The Morgan fingerprint density at radius 3 is 2.75 bits per heavy atom. The van der Waals surface area contributed by atoms with E-state index in [0.717, 1.165) is 18.2 Å². The number of hydrogen-bond donors (Lipinski definition) is 2. The van der Waals surface area contributed by atoms with Crippen LogP contribution in [0.2, 0.25) is 0 Å². The van der Waals surface area contributed by atoms with Gasteiger partial charge in [-0.15, -0.1) is 0 Å². The normalized spacial score (nSPS) is 10.4. The summed E-state index contributed by atoms with van der Waals surface area (Å²) in [4.78, 5) is 10.2. The third-order valence-corrected chi connectivity index (χ3v) is 2.09. The lowest BCUT2D eigenvalue weighted by molar-refractivity contribution is -0.136. The highest BCUT2D eigenvalue weighted by molar-refractivity contribution is 5.66. The molecule has 2 N–H and O–H groups in total. The molecule has 0 aliphatic heterocycles. The molecular weight excluding hydrogens is 216 g/mol. The Balaban J connectivity index is 2.31. The van der Waals surface area contributed by atoms with Crippen molar-refractivity contribution in [3.63, 3.8) is 0 Å². The van der Waals surface area contributed by atoms with Crippen LogP contribution in [-0.4, -0.2) is 24.2 Å². The summed E-state index contributed by atoms with van der Waals surface area (Å²) in [6.07, 6.45) is 0.356. The minimum atomic E-state index is -0.885. The molecule has 0 fully saturated rings. The van der Waals surface area contributed by atoms with Gasteiger partial charge < -0.3 is 10.4 Å². The van der Waals surface area contributed by atoms with Gasteiger partial charge >= 0.3 is 5.97 Å². The Labute approximate surface area is 92.1 Å². The molecule has 0 amide bonds. The minimum Gasteiger partial charge on any atom is -0.481 e. The van der Waals surface area contributed by atoms with Crippen LogP contribution in [0, 0.1) is 11.6 Å². The molecule has 0 saturated carbocycles. The molecule has 1 aromatic carbocycles. The monoisotopic (exact) mass is 229 g/mol. The van der Waals surface area contributed by atoms with Crippen LogP contribution in [-0.2, 0) is 11.2 Å². The third kappa shape index (κ3) is 4.35. The number of carbonyl (C=O) groups is 1. The first-order chi connectivity index (χ1) is 7.59. The van der Waals surface area contributed by atoms with Crippen LogP contribution in [0.4, 0.5) is 8.78 Å². The first-order valence-corrected chi connectivity index (χ1v) is 4.96. The summed E-state index contributed by atoms with van der Waals surface area (Å²) >= 11 is 0. The number of rotatable bonds is 6. The molecular formula is C11H13F2NO2. The average molecular weight is 229 g/mol. The number of halogens is 2. The minimum absolute atomic E-state index is 0.0195. The van der Waals surface area contributed by atoms with Crippen LogP contribution in [0.3, 0.4) is 0 Å². The molecule has 0 unspecified atom stereocenters. The SMILES string of the molecule is O=C(O)CCNCCc1cc(F)ccc1F. The van der Waals surface area contributed by atoms with Crippen molar-refractivity contribution in [2.75, 3.05) is 13.1 Å². The molecule has 1 aromatic rings. The number of nitrogens with one attached hydrogen (secondary N) is 1. The Kier molecular flexibility index (Phi) is 4.85. The van der Waals surface area contributed by atoms with Crippen LogP contribution in [0.25, 0.3) is 0 Å². The van der Waals surface area contributed by atoms with E-state index in [1.165, 1.54) is 0 Å². The third-order valence-electron chi connectivity index (χ3n) is 2.09. The highest BCUT2D eigenvalue weighted by Gasteiger charge is 2.03. The average Bonchev–Trinajstić information content (AvgIpc) is 2.22. The van der Waals surface area contributed by atoms with E-state index in [1.54, 1.807) is 0 Å². The van der Waals surface area contributed by atoms with E-state index in [0.29, 0.717) is 25.1 Å². The fourth-order valence-corrected chi connectivity index (χ4v) is 1.28. The molecule has 0 aliphatic carbocycles. The summed E-state index contributed by atoms with van der Waals surface area (Å²) in [6, 6.07) is 3.30. The number of benzene rings is 1. The smallest absolute Gasteiger partial charge is 0.304 e. The maximum Gasteiger partial charge on any atom is 0.304 e. The van der Waals surface area contributed by atoms with Gasteiger partial charge in [0, 0.05) is 6.54 Å². The molecule has 0 radical (unpaired) electrons. The van der Waals surface area contributed by atoms with Crippen molar-refractivity contribution in [2.24, 2.45) is 0 Å². The van der Waals surface area contributed by atoms with E-state index >= 15 is 0 Å². The molecule has 1 rings (SSSR count). The molecule has 88 valence electrons. The molecule has 0 heterocycles. The molecule has 0 spiro atoms. The number of hydrogen-bond acceptors (Lipinski definition) is 2. The van der Waals surface area contributed by atoms with Gasteiger partial charge in [-0.3, -0.25) is 4.79 Å². The molecule has 0 atom stereocenters. The van der Waals surface area contributed by atoms with E-state index < -0.39 is 17.6 Å². The Hall–Kier alpha value is -1.49. The van der Waals surface area contributed by atoms with Gasteiger partial charge in [-0.2, -0.15) is 0 Å². The van der Waals surface area contributed by atoms with E-state index in [-0.39, 0.29) is 6.42 Å². The van der Waals surface area contributed by atoms with Crippen molar-refractivity contribution in [2.45, 2.75) is 12.8 Å². The van der Waals surface area contributed by atoms with Crippen molar-refractivity contribution >= 4 is 5.97 Å². The van der Waals surface area contributed by atoms with Crippen molar-refractivity contribution < 1.29 is 18.7 Å². The van der Waals surface area contributed by atoms with Crippen LogP contribution in [0.5, 0.6) is 0 Å². The Morgan fingerprint density at radius 1 is 1.31 bits per heavy atom. The van der Waals surface area contributed by atoms with Crippen LogP contribution >= 0.6 is 0 Å². The Morgan fingerprint density at radius 2 is 2.06 bits per heavy atom. The van der Waals surface area contributed by atoms with Gasteiger partial charge in [-0.1, -0.05) is 0 Å². The zero-order valence-corrected chi connectivity index (χ0v) is 8.67. The maximum atomic E-state index is 13.1. The fraction of sp³-hybridized carbons (Fsp3) is 0.364. The van der Waals surface area contributed by atoms with E-state index in [2.05, 4.69) is 5.32 Å². The lowest BCUT2D eigenvalue weighted by atomic mass is 10.1. The molecule has 5 heteroatoms. The summed E-state index contributed by atoms with van der Waals surface area (Å²) in [7, 11) is 0. The topological polar surface area (TPSA) is 49.3 Å². The summed E-state index contributed by atoms with van der Waals surface area (Å²) in [5.41, 5.74) is 0.294. The lowest BCUT2D eigenvalue weighted by Crippen LogP contribution is -2.21. The second kappa shape index (κ2) is 6.17. The van der Waals surface area contributed by atoms with Crippen LogP contribution in [0.1, 0.15) is 12.0 Å². The number of carboxylic acids is 1. The van der Waals surface area contributed by atoms with Crippen molar-refractivity contribution in [1.82, 2.24) is 5.32 Å². The molecule has 16 heavy (non-hydrogen) atoms. The predicted octanol–water partition coefficient (Wildman–Crippen LogP) is 1.57. The quantitative estimate of drug-likeness (QED) is 0.728. The highest BCUT2D eigenvalue weighted by atomic mass is 19.1. The van der Waals surface area contributed by atoms with Crippen LogP contribution < -0.4 is 5.32 Å². The summed E-state index contributed by atoms with van der Waals surface area (Å²) in [6.45, 7) is 0.750. The molecule has 0 saturated heterocycles. The van der Waals surface area contributed by atoms with Gasteiger partial charge in [0.2, 0.25) is 0 Å². The van der Waals surface area contributed by atoms with E-state index in [4.69, 9.17) is 5.11 Å². The lowest BCUT2D eigenvalue weighted by Gasteiger charge is -2.04.